The van der Waals surface area contributed by atoms with E-state index in [0.717, 1.165) is 0 Å². The Kier molecular flexibility index (Phi) is 5.65. The van der Waals surface area contributed by atoms with Gasteiger partial charge in [0.1, 0.15) is 17.3 Å². The number of methoxy groups -OCH3 is 2. The van der Waals surface area contributed by atoms with Crippen LogP contribution in [-0.4, -0.2) is 26.7 Å². The maximum Gasteiger partial charge on any atom is 0.243 e. The fourth-order valence-electron chi connectivity index (χ4n) is 1.93. The molecule has 0 aliphatic heterocycles. The number of anilines is 2. The zero-order valence-corrected chi connectivity index (χ0v) is 13.4. The molecule has 2 aromatic carbocycles. The number of rotatable bonds is 6. The van der Waals surface area contributed by atoms with E-state index in [-0.39, 0.29) is 18.1 Å². The van der Waals surface area contributed by atoms with Gasteiger partial charge < -0.3 is 20.1 Å². The molecule has 1 amide bonds. The number of ether oxygens (including phenoxy) is 2. The number of carbonyl (C=O) groups excluding carboxylic acids is 1. The molecule has 0 atom stereocenters. The van der Waals surface area contributed by atoms with Gasteiger partial charge in [0.15, 0.2) is 0 Å². The van der Waals surface area contributed by atoms with Gasteiger partial charge in [-0.3, -0.25) is 4.79 Å². The molecule has 0 unspecified atom stereocenters. The van der Waals surface area contributed by atoms with Crippen LogP contribution in [0.15, 0.2) is 36.4 Å². The number of benzene rings is 2. The summed E-state index contributed by atoms with van der Waals surface area (Å²) in [6.45, 7) is -0.103. The molecule has 0 saturated carbocycles. The van der Waals surface area contributed by atoms with Gasteiger partial charge in [-0.05, 0) is 18.2 Å². The Labute approximate surface area is 138 Å². The molecule has 0 radical (unpaired) electrons. The van der Waals surface area contributed by atoms with Crippen molar-refractivity contribution >= 4 is 28.9 Å². The van der Waals surface area contributed by atoms with E-state index in [0.29, 0.717) is 22.2 Å². The summed E-state index contributed by atoms with van der Waals surface area (Å²) in [5.74, 6) is 0.0506. The van der Waals surface area contributed by atoms with Gasteiger partial charge >= 0.3 is 0 Å². The van der Waals surface area contributed by atoms with Crippen molar-refractivity contribution in [2.45, 2.75) is 0 Å². The van der Waals surface area contributed by atoms with Crippen LogP contribution in [0.4, 0.5) is 15.8 Å². The summed E-state index contributed by atoms with van der Waals surface area (Å²) in [6.07, 6.45) is 0. The predicted molar refractivity (Wildman–Crippen MR) is 88.1 cm³/mol. The van der Waals surface area contributed by atoms with Gasteiger partial charge in [0, 0.05) is 6.07 Å². The van der Waals surface area contributed by atoms with Crippen molar-refractivity contribution in [3.05, 3.63) is 47.2 Å². The fourth-order valence-corrected chi connectivity index (χ4v) is 2.17. The van der Waals surface area contributed by atoms with Crippen LogP contribution in [0.2, 0.25) is 5.02 Å². The first-order chi connectivity index (χ1) is 11.0. The van der Waals surface area contributed by atoms with Gasteiger partial charge in [-0.25, -0.2) is 4.39 Å². The Morgan fingerprint density at radius 3 is 2.48 bits per heavy atom. The van der Waals surface area contributed by atoms with Crippen molar-refractivity contribution in [3.8, 4) is 11.5 Å². The SMILES string of the molecule is COc1cc(OC)c(NC(=O)CNc2ccccc2F)cc1Cl. The minimum atomic E-state index is -0.426. The standard InChI is InChI=1S/C16H16ClFN2O3/c1-22-14-8-15(23-2)13(7-10(14)17)20-16(21)9-19-12-6-4-3-5-11(12)18/h3-8,19H,9H2,1-2H3,(H,20,21). The Balaban J connectivity index is 2.05. The van der Waals surface area contributed by atoms with Crippen LogP contribution in [0.5, 0.6) is 11.5 Å². The quantitative estimate of drug-likeness (QED) is 0.845. The first-order valence-electron chi connectivity index (χ1n) is 6.75. The molecule has 5 nitrogen and oxygen atoms in total. The second kappa shape index (κ2) is 7.69. The first-order valence-corrected chi connectivity index (χ1v) is 7.12. The molecule has 0 fully saturated rings. The number of hydrogen-bond donors (Lipinski definition) is 2. The highest BCUT2D eigenvalue weighted by Gasteiger charge is 2.12. The highest BCUT2D eigenvalue weighted by atomic mass is 35.5. The van der Waals surface area contributed by atoms with E-state index in [2.05, 4.69) is 10.6 Å². The van der Waals surface area contributed by atoms with E-state index >= 15 is 0 Å². The van der Waals surface area contributed by atoms with Crippen LogP contribution in [-0.2, 0) is 4.79 Å². The molecule has 2 N–H and O–H groups in total. The lowest BCUT2D eigenvalue weighted by molar-refractivity contribution is -0.114. The topological polar surface area (TPSA) is 59.6 Å². The number of carbonyl (C=O) groups is 1. The molecule has 23 heavy (non-hydrogen) atoms. The molecule has 0 bridgehead atoms. The number of hydrogen-bond acceptors (Lipinski definition) is 4. The van der Waals surface area contributed by atoms with Crippen molar-refractivity contribution in [2.75, 3.05) is 31.4 Å². The zero-order valence-electron chi connectivity index (χ0n) is 12.7. The maximum atomic E-state index is 13.5. The van der Waals surface area contributed by atoms with Gasteiger partial charge in [0.05, 0.1) is 37.2 Å². The lowest BCUT2D eigenvalue weighted by Gasteiger charge is -2.13. The molecule has 0 saturated heterocycles. The van der Waals surface area contributed by atoms with Crippen molar-refractivity contribution < 1.29 is 18.7 Å². The van der Waals surface area contributed by atoms with Crippen LogP contribution in [0.25, 0.3) is 0 Å². The van der Waals surface area contributed by atoms with Crippen LogP contribution in [0.3, 0.4) is 0 Å². The predicted octanol–water partition coefficient (Wildman–Crippen LogP) is 3.55. The molecule has 2 rings (SSSR count). The fraction of sp³-hybridized carbons (Fsp3) is 0.188. The monoisotopic (exact) mass is 338 g/mol. The van der Waals surface area contributed by atoms with E-state index in [9.17, 15) is 9.18 Å². The van der Waals surface area contributed by atoms with Crippen LogP contribution in [0.1, 0.15) is 0 Å². The summed E-state index contributed by atoms with van der Waals surface area (Å²) in [6, 6.07) is 9.21. The molecular weight excluding hydrogens is 323 g/mol. The number of halogens is 2. The third kappa shape index (κ3) is 4.26. The van der Waals surface area contributed by atoms with Gasteiger partial charge in [-0.1, -0.05) is 23.7 Å². The van der Waals surface area contributed by atoms with E-state index in [4.69, 9.17) is 21.1 Å². The Hall–Kier alpha value is -2.47. The van der Waals surface area contributed by atoms with E-state index < -0.39 is 5.82 Å². The highest BCUT2D eigenvalue weighted by Crippen LogP contribution is 2.35. The van der Waals surface area contributed by atoms with Crippen molar-refractivity contribution in [3.63, 3.8) is 0 Å². The molecule has 0 aromatic heterocycles. The molecule has 0 heterocycles. The average Bonchev–Trinajstić information content (AvgIpc) is 2.54. The first kappa shape index (κ1) is 16.9. The Morgan fingerprint density at radius 2 is 1.83 bits per heavy atom. The third-order valence-corrected chi connectivity index (χ3v) is 3.36. The largest absolute Gasteiger partial charge is 0.495 e. The van der Waals surface area contributed by atoms with E-state index in [1.807, 2.05) is 0 Å². The smallest absolute Gasteiger partial charge is 0.243 e. The number of nitrogens with one attached hydrogen (secondary N) is 2. The van der Waals surface area contributed by atoms with Gasteiger partial charge in [0.25, 0.3) is 0 Å². The second-order valence-corrected chi connectivity index (χ2v) is 4.98. The summed E-state index contributed by atoms with van der Waals surface area (Å²) >= 11 is 6.04. The number of para-hydroxylation sites is 1. The lowest BCUT2D eigenvalue weighted by Crippen LogP contribution is -2.22. The van der Waals surface area contributed by atoms with E-state index in [1.54, 1.807) is 24.3 Å². The van der Waals surface area contributed by atoms with Gasteiger partial charge in [0.2, 0.25) is 5.91 Å². The average molecular weight is 339 g/mol. The summed E-state index contributed by atoms with van der Waals surface area (Å²) in [4.78, 5) is 12.0. The zero-order chi connectivity index (χ0) is 16.8. The summed E-state index contributed by atoms with van der Waals surface area (Å²) in [5, 5.41) is 5.72. The number of amides is 1. The van der Waals surface area contributed by atoms with E-state index in [1.165, 1.54) is 26.4 Å². The molecule has 2 aromatic rings. The molecular formula is C16H16ClFN2O3. The summed E-state index contributed by atoms with van der Waals surface area (Å²) in [5.41, 5.74) is 0.654. The lowest BCUT2D eigenvalue weighted by atomic mass is 10.2. The molecule has 122 valence electrons. The second-order valence-electron chi connectivity index (χ2n) is 4.57. The highest BCUT2D eigenvalue weighted by molar-refractivity contribution is 6.32. The normalized spacial score (nSPS) is 10.1. The van der Waals surface area contributed by atoms with Crippen molar-refractivity contribution in [2.24, 2.45) is 0 Å². The van der Waals surface area contributed by atoms with Gasteiger partial charge in [-0.15, -0.1) is 0 Å². The summed E-state index contributed by atoms with van der Waals surface area (Å²) < 4.78 is 23.8. The van der Waals surface area contributed by atoms with Crippen LogP contribution in [0, 0.1) is 5.82 Å². The molecule has 7 heteroatoms. The van der Waals surface area contributed by atoms with Crippen molar-refractivity contribution in [1.29, 1.82) is 0 Å². The third-order valence-electron chi connectivity index (χ3n) is 3.06. The maximum absolute atomic E-state index is 13.5. The summed E-state index contributed by atoms with van der Waals surface area (Å²) in [7, 11) is 2.95. The Bertz CT molecular complexity index is 710. The minimum Gasteiger partial charge on any atom is -0.495 e. The van der Waals surface area contributed by atoms with Crippen LogP contribution >= 0.6 is 11.6 Å². The molecule has 0 spiro atoms. The minimum absolute atomic E-state index is 0.103. The molecule has 0 aliphatic rings. The Morgan fingerprint density at radius 1 is 1.13 bits per heavy atom. The van der Waals surface area contributed by atoms with Crippen LogP contribution < -0.4 is 20.1 Å². The van der Waals surface area contributed by atoms with Gasteiger partial charge in [-0.2, -0.15) is 0 Å². The molecule has 0 aliphatic carbocycles. The van der Waals surface area contributed by atoms with Crippen molar-refractivity contribution in [1.82, 2.24) is 0 Å².